The lowest BCUT2D eigenvalue weighted by Crippen LogP contribution is -2.48. The molecule has 2 saturated heterocycles. The Morgan fingerprint density at radius 3 is 2.69 bits per heavy atom. The molecule has 0 aromatic rings. The number of fused-ring (bicyclic) bond motifs is 2. The second kappa shape index (κ2) is 5.53. The molecule has 0 saturated carbocycles. The fourth-order valence-electron chi connectivity index (χ4n) is 2.69. The van der Waals surface area contributed by atoms with E-state index in [-0.39, 0.29) is 6.09 Å². The summed E-state index contributed by atoms with van der Waals surface area (Å²) in [6.45, 7) is 2.63. The van der Waals surface area contributed by atoms with E-state index in [1.165, 1.54) is 12.8 Å². The van der Waals surface area contributed by atoms with Crippen LogP contribution in [0.2, 0.25) is 0 Å². The van der Waals surface area contributed by atoms with Crippen LogP contribution in [0.1, 0.15) is 45.4 Å². The van der Waals surface area contributed by atoms with Crippen molar-refractivity contribution in [3.8, 4) is 0 Å². The van der Waals surface area contributed by atoms with Crippen molar-refractivity contribution in [2.24, 2.45) is 0 Å². The summed E-state index contributed by atoms with van der Waals surface area (Å²) < 4.78 is 5.11. The maximum Gasteiger partial charge on any atom is 0.407 e. The zero-order valence-corrected chi connectivity index (χ0v) is 10.00. The molecule has 4 heteroatoms. The van der Waals surface area contributed by atoms with Gasteiger partial charge in [-0.15, -0.1) is 0 Å². The summed E-state index contributed by atoms with van der Waals surface area (Å²) in [5.41, 5.74) is 0. The molecule has 0 aliphatic carbocycles. The third kappa shape index (κ3) is 3.11. The number of hydrogen-bond acceptors (Lipinski definition) is 3. The van der Waals surface area contributed by atoms with Gasteiger partial charge in [0.1, 0.15) is 0 Å². The number of amides is 1. The summed E-state index contributed by atoms with van der Waals surface area (Å²) >= 11 is 0. The minimum absolute atomic E-state index is 0.236. The maximum absolute atomic E-state index is 11.5. The summed E-state index contributed by atoms with van der Waals surface area (Å²) in [5.74, 6) is 0. The molecule has 2 heterocycles. The van der Waals surface area contributed by atoms with Crippen LogP contribution >= 0.6 is 0 Å². The zero-order valence-electron chi connectivity index (χ0n) is 10.00. The first-order valence-electron chi connectivity index (χ1n) is 6.47. The van der Waals surface area contributed by atoms with E-state index in [4.69, 9.17) is 4.74 Å². The van der Waals surface area contributed by atoms with Gasteiger partial charge in [0, 0.05) is 18.1 Å². The highest BCUT2D eigenvalue weighted by molar-refractivity contribution is 5.67. The van der Waals surface area contributed by atoms with Crippen molar-refractivity contribution in [3.05, 3.63) is 0 Å². The van der Waals surface area contributed by atoms with Crippen molar-refractivity contribution < 1.29 is 9.53 Å². The van der Waals surface area contributed by atoms with Gasteiger partial charge in [0.25, 0.3) is 0 Å². The van der Waals surface area contributed by atoms with Crippen molar-refractivity contribution in [1.82, 2.24) is 10.6 Å². The molecular formula is C12H22N2O2. The van der Waals surface area contributed by atoms with Crippen LogP contribution in [0.4, 0.5) is 4.79 Å². The minimum atomic E-state index is -0.236. The smallest absolute Gasteiger partial charge is 0.407 e. The molecule has 2 unspecified atom stereocenters. The Labute approximate surface area is 97.1 Å². The Bertz CT molecular complexity index is 233. The van der Waals surface area contributed by atoms with Gasteiger partial charge < -0.3 is 15.4 Å². The molecule has 4 nitrogen and oxygen atoms in total. The second-order valence-electron chi connectivity index (χ2n) is 4.94. The highest BCUT2D eigenvalue weighted by atomic mass is 16.5. The minimum Gasteiger partial charge on any atom is -0.450 e. The van der Waals surface area contributed by atoms with Crippen LogP contribution in [0, 0.1) is 0 Å². The van der Waals surface area contributed by atoms with Crippen LogP contribution in [0.15, 0.2) is 0 Å². The van der Waals surface area contributed by atoms with Crippen LogP contribution in [0.25, 0.3) is 0 Å². The average Bonchev–Trinajstić information content (AvgIpc) is 2.58. The van der Waals surface area contributed by atoms with Gasteiger partial charge in [-0.25, -0.2) is 4.79 Å². The van der Waals surface area contributed by atoms with Crippen molar-refractivity contribution >= 4 is 6.09 Å². The normalized spacial score (nSPS) is 32.4. The van der Waals surface area contributed by atoms with Crippen LogP contribution in [-0.4, -0.2) is 30.8 Å². The topological polar surface area (TPSA) is 50.4 Å². The number of rotatable bonds is 4. The molecule has 2 bridgehead atoms. The Morgan fingerprint density at radius 2 is 2.06 bits per heavy atom. The summed E-state index contributed by atoms with van der Waals surface area (Å²) in [5, 5.41) is 6.53. The number of piperidine rings is 1. The van der Waals surface area contributed by atoms with Gasteiger partial charge in [0.05, 0.1) is 6.61 Å². The van der Waals surface area contributed by atoms with Gasteiger partial charge in [-0.3, -0.25) is 0 Å². The van der Waals surface area contributed by atoms with Crippen molar-refractivity contribution in [3.63, 3.8) is 0 Å². The third-order valence-electron chi connectivity index (χ3n) is 3.53. The molecule has 92 valence electrons. The van der Waals surface area contributed by atoms with Gasteiger partial charge in [0.15, 0.2) is 0 Å². The first-order valence-corrected chi connectivity index (χ1v) is 6.47. The van der Waals surface area contributed by atoms with E-state index < -0.39 is 0 Å². The highest BCUT2D eigenvalue weighted by Gasteiger charge is 2.34. The van der Waals surface area contributed by atoms with Crippen LogP contribution in [0.5, 0.6) is 0 Å². The lowest BCUT2D eigenvalue weighted by molar-refractivity contribution is 0.136. The van der Waals surface area contributed by atoms with Gasteiger partial charge in [-0.1, -0.05) is 13.3 Å². The number of carbonyl (C=O) groups excluding carboxylic acids is 1. The number of nitrogens with one attached hydrogen (secondary N) is 2. The molecule has 16 heavy (non-hydrogen) atoms. The third-order valence-corrected chi connectivity index (χ3v) is 3.53. The zero-order chi connectivity index (χ0) is 11.4. The fourth-order valence-corrected chi connectivity index (χ4v) is 2.69. The number of alkyl carbamates (subject to hydrolysis) is 1. The molecule has 0 aromatic heterocycles. The SMILES string of the molecule is CCCCOC(=O)NC1CC2CCC(C1)N2. The quantitative estimate of drug-likeness (QED) is 0.719. The van der Waals surface area contributed by atoms with Crippen molar-refractivity contribution in [2.45, 2.75) is 63.6 Å². The Balaban J connectivity index is 1.67. The Kier molecular flexibility index (Phi) is 4.04. The van der Waals surface area contributed by atoms with Gasteiger partial charge in [-0.2, -0.15) is 0 Å². The lowest BCUT2D eigenvalue weighted by Gasteiger charge is -2.29. The van der Waals surface area contributed by atoms with Gasteiger partial charge >= 0.3 is 6.09 Å². The molecule has 0 spiro atoms. The Morgan fingerprint density at radius 1 is 1.38 bits per heavy atom. The summed E-state index contributed by atoms with van der Waals surface area (Å²) in [6, 6.07) is 1.53. The predicted molar refractivity (Wildman–Crippen MR) is 62.4 cm³/mol. The average molecular weight is 226 g/mol. The largest absolute Gasteiger partial charge is 0.450 e. The summed E-state index contributed by atoms with van der Waals surface area (Å²) in [4.78, 5) is 11.5. The van der Waals surface area contributed by atoms with E-state index in [0.717, 1.165) is 25.7 Å². The van der Waals surface area contributed by atoms with E-state index in [2.05, 4.69) is 17.6 Å². The standard InChI is InChI=1S/C12H22N2O2/c1-2-3-6-16-12(15)14-11-7-9-4-5-10(8-11)13-9/h9-11,13H,2-8H2,1H3,(H,14,15). The monoisotopic (exact) mass is 226 g/mol. The van der Waals surface area contributed by atoms with Crippen LogP contribution < -0.4 is 10.6 Å². The van der Waals surface area contributed by atoms with Gasteiger partial charge in [-0.05, 0) is 32.1 Å². The van der Waals surface area contributed by atoms with Crippen molar-refractivity contribution in [2.75, 3.05) is 6.61 Å². The molecule has 2 atom stereocenters. The van der Waals surface area contributed by atoms with E-state index in [1.54, 1.807) is 0 Å². The molecule has 1 amide bonds. The number of hydrogen-bond donors (Lipinski definition) is 2. The Hall–Kier alpha value is -0.770. The highest BCUT2D eigenvalue weighted by Crippen LogP contribution is 2.26. The fraction of sp³-hybridized carbons (Fsp3) is 0.917. The summed E-state index contributed by atoms with van der Waals surface area (Å²) in [7, 11) is 0. The molecule has 2 N–H and O–H groups in total. The lowest BCUT2D eigenvalue weighted by atomic mass is 10.0. The van der Waals surface area contributed by atoms with E-state index in [9.17, 15) is 4.79 Å². The van der Waals surface area contributed by atoms with Crippen LogP contribution in [-0.2, 0) is 4.74 Å². The van der Waals surface area contributed by atoms with E-state index in [1.807, 2.05) is 0 Å². The predicted octanol–water partition coefficient (Wildman–Crippen LogP) is 1.80. The van der Waals surface area contributed by atoms with Crippen molar-refractivity contribution in [1.29, 1.82) is 0 Å². The summed E-state index contributed by atoms with van der Waals surface area (Å²) in [6.07, 6.45) is 6.40. The van der Waals surface area contributed by atoms with Crippen LogP contribution in [0.3, 0.4) is 0 Å². The second-order valence-corrected chi connectivity index (χ2v) is 4.94. The number of unbranched alkanes of at least 4 members (excludes halogenated alkanes) is 1. The first kappa shape index (κ1) is 11.7. The maximum atomic E-state index is 11.5. The van der Waals surface area contributed by atoms with Gasteiger partial charge in [0.2, 0.25) is 0 Å². The number of carbonyl (C=O) groups is 1. The molecule has 2 aliphatic rings. The van der Waals surface area contributed by atoms with E-state index >= 15 is 0 Å². The molecule has 2 aliphatic heterocycles. The molecular weight excluding hydrogens is 204 g/mol. The van der Waals surface area contributed by atoms with E-state index in [0.29, 0.717) is 24.7 Å². The molecule has 2 rings (SSSR count). The molecule has 2 fully saturated rings. The molecule has 0 radical (unpaired) electrons. The number of ether oxygens (including phenoxy) is 1. The molecule has 0 aromatic carbocycles. The first-order chi connectivity index (χ1) is 7.78.